The first-order chi connectivity index (χ1) is 13.0. The standard InChI is InChI=1S/C21H28N4OS/c1-14(2)27-21(8-9-21)18-12-19(25-10-11-26-13-15(25)3)24-20(23-18)16-4-6-17(22)7-5-16/h4-7,12,14-15H,8-11,13,22H2,1-3H3. The van der Waals surface area contributed by atoms with Gasteiger partial charge in [-0.25, -0.2) is 9.97 Å². The van der Waals surface area contributed by atoms with Gasteiger partial charge in [0.05, 0.1) is 29.7 Å². The molecule has 5 nitrogen and oxygen atoms in total. The zero-order valence-electron chi connectivity index (χ0n) is 16.3. The Balaban J connectivity index is 1.78. The minimum atomic E-state index is 0.143. The van der Waals surface area contributed by atoms with Crippen LogP contribution in [0.4, 0.5) is 11.5 Å². The number of hydrogen-bond donors (Lipinski definition) is 1. The predicted octanol–water partition coefficient (Wildman–Crippen LogP) is 4.08. The van der Waals surface area contributed by atoms with E-state index in [2.05, 4.69) is 31.7 Å². The van der Waals surface area contributed by atoms with E-state index >= 15 is 0 Å². The van der Waals surface area contributed by atoms with Crippen molar-refractivity contribution in [2.45, 2.75) is 49.7 Å². The largest absolute Gasteiger partial charge is 0.399 e. The molecule has 4 rings (SSSR count). The molecular weight excluding hydrogens is 356 g/mol. The lowest BCUT2D eigenvalue weighted by molar-refractivity contribution is 0.0985. The van der Waals surface area contributed by atoms with E-state index in [1.54, 1.807) is 0 Å². The summed E-state index contributed by atoms with van der Waals surface area (Å²) in [5, 5.41) is 0.577. The highest BCUT2D eigenvalue weighted by atomic mass is 32.2. The lowest BCUT2D eigenvalue weighted by atomic mass is 10.1. The van der Waals surface area contributed by atoms with Crippen LogP contribution in [0.15, 0.2) is 30.3 Å². The van der Waals surface area contributed by atoms with Gasteiger partial charge in [0.1, 0.15) is 5.82 Å². The minimum Gasteiger partial charge on any atom is -0.399 e. The van der Waals surface area contributed by atoms with Crippen LogP contribution in [-0.4, -0.2) is 41.0 Å². The highest BCUT2D eigenvalue weighted by molar-refractivity contribution is 8.01. The molecule has 0 radical (unpaired) electrons. The highest BCUT2D eigenvalue weighted by Crippen LogP contribution is 2.58. The number of rotatable bonds is 5. The molecule has 1 aromatic heterocycles. The monoisotopic (exact) mass is 384 g/mol. The lowest BCUT2D eigenvalue weighted by Gasteiger charge is -2.35. The third-order valence-electron chi connectivity index (χ3n) is 5.18. The number of thioether (sulfide) groups is 1. The van der Waals surface area contributed by atoms with Gasteiger partial charge in [0, 0.05) is 23.9 Å². The molecular formula is C21H28N4OS. The Hall–Kier alpha value is -1.79. The molecule has 0 spiro atoms. The zero-order valence-corrected chi connectivity index (χ0v) is 17.1. The summed E-state index contributed by atoms with van der Waals surface area (Å²) in [6.45, 7) is 9.06. The number of morpholine rings is 1. The second kappa shape index (κ2) is 7.32. The van der Waals surface area contributed by atoms with Gasteiger partial charge in [-0.2, -0.15) is 0 Å². The molecule has 2 heterocycles. The van der Waals surface area contributed by atoms with E-state index in [0.717, 1.165) is 48.3 Å². The number of benzene rings is 1. The van der Waals surface area contributed by atoms with E-state index in [9.17, 15) is 0 Å². The fourth-order valence-corrected chi connectivity index (χ4v) is 5.11. The van der Waals surface area contributed by atoms with Gasteiger partial charge in [-0.05, 0) is 49.3 Å². The van der Waals surface area contributed by atoms with Crippen LogP contribution >= 0.6 is 11.8 Å². The van der Waals surface area contributed by atoms with Crippen LogP contribution in [0.5, 0.6) is 0 Å². The summed E-state index contributed by atoms with van der Waals surface area (Å²) < 4.78 is 5.76. The van der Waals surface area contributed by atoms with E-state index in [4.69, 9.17) is 20.4 Å². The molecule has 1 unspecified atom stereocenters. The number of aromatic nitrogens is 2. The van der Waals surface area contributed by atoms with Gasteiger partial charge >= 0.3 is 0 Å². The first kappa shape index (κ1) is 18.6. The molecule has 0 amide bonds. The smallest absolute Gasteiger partial charge is 0.161 e. The van der Waals surface area contributed by atoms with Crippen LogP contribution in [0.3, 0.4) is 0 Å². The Morgan fingerprint density at radius 2 is 1.96 bits per heavy atom. The maximum absolute atomic E-state index is 5.87. The Bertz CT molecular complexity index is 804. The number of anilines is 2. The van der Waals surface area contributed by atoms with E-state index in [0.29, 0.717) is 11.3 Å². The van der Waals surface area contributed by atoms with E-state index in [1.807, 2.05) is 36.0 Å². The Morgan fingerprint density at radius 1 is 1.22 bits per heavy atom. The molecule has 2 fully saturated rings. The van der Waals surface area contributed by atoms with Gasteiger partial charge in [0.2, 0.25) is 0 Å². The number of ether oxygens (including phenoxy) is 1. The third kappa shape index (κ3) is 3.92. The van der Waals surface area contributed by atoms with E-state index < -0.39 is 0 Å². The molecule has 144 valence electrons. The van der Waals surface area contributed by atoms with Crippen molar-refractivity contribution in [3.05, 3.63) is 36.0 Å². The lowest BCUT2D eigenvalue weighted by Crippen LogP contribution is -2.44. The highest BCUT2D eigenvalue weighted by Gasteiger charge is 2.47. The summed E-state index contributed by atoms with van der Waals surface area (Å²) in [4.78, 5) is 12.3. The van der Waals surface area contributed by atoms with Gasteiger partial charge in [-0.1, -0.05) is 13.8 Å². The van der Waals surface area contributed by atoms with Crippen molar-refractivity contribution < 1.29 is 4.74 Å². The molecule has 1 aliphatic carbocycles. The number of hydrogen-bond acceptors (Lipinski definition) is 6. The average Bonchev–Trinajstić information content (AvgIpc) is 3.42. The second-order valence-corrected chi connectivity index (χ2v) is 9.80. The Labute approximate surface area is 165 Å². The first-order valence-corrected chi connectivity index (χ1v) is 10.6. The van der Waals surface area contributed by atoms with Crippen molar-refractivity contribution in [3.8, 4) is 11.4 Å². The summed E-state index contributed by atoms with van der Waals surface area (Å²) in [5.41, 5.74) is 8.80. The molecule has 2 aromatic rings. The molecule has 2 aliphatic rings. The minimum absolute atomic E-state index is 0.143. The topological polar surface area (TPSA) is 64.3 Å². The Kier molecular flexibility index (Phi) is 5.03. The van der Waals surface area contributed by atoms with Crippen molar-refractivity contribution >= 4 is 23.3 Å². The number of nitrogens with zero attached hydrogens (tertiary/aromatic N) is 3. The van der Waals surface area contributed by atoms with Crippen LogP contribution in [0, 0.1) is 0 Å². The maximum atomic E-state index is 5.87. The van der Waals surface area contributed by atoms with E-state index in [1.165, 1.54) is 12.8 Å². The zero-order chi connectivity index (χ0) is 19.0. The molecule has 0 bridgehead atoms. The van der Waals surface area contributed by atoms with Crippen LogP contribution in [0.25, 0.3) is 11.4 Å². The van der Waals surface area contributed by atoms with Crippen molar-refractivity contribution in [2.24, 2.45) is 0 Å². The molecule has 2 N–H and O–H groups in total. The van der Waals surface area contributed by atoms with Crippen LogP contribution < -0.4 is 10.6 Å². The molecule has 6 heteroatoms. The summed E-state index contributed by atoms with van der Waals surface area (Å²) in [6, 6.07) is 10.4. The fraction of sp³-hybridized carbons (Fsp3) is 0.524. The normalized spacial score (nSPS) is 21.5. The SMILES string of the molecule is CC(C)SC1(c2cc(N3CCOCC3C)nc(-c3ccc(N)cc3)n2)CC1. The van der Waals surface area contributed by atoms with Gasteiger partial charge in [-0.3, -0.25) is 0 Å². The molecule has 1 aliphatic heterocycles. The van der Waals surface area contributed by atoms with Gasteiger partial charge < -0.3 is 15.4 Å². The Morgan fingerprint density at radius 3 is 2.59 bits per heavy atom. The molecule has 27 heavy (non-hydrogen) atoms. The van der Waals surface area contributed by atoms with Gasteiger partial charge in [0.25, 0.3) is 0 Å². The summed E-state index contributed by atoms with van der Waals surface area (Å²) in [6.07, 6.45) is 2.37. The van der Waals surface area contributed by atoms with Crippen LogP contribution in [0.2, 0.25) is 0 Å². The van der Waals surface area contributed by atoms with Crippen molar-refractivity contribution in [2.75, 3.05) is 30.4 Å². The first-order valence-electron chi connectivity index (χ1n) is 9.74. The predicted molar refractivity (Wildman–Crippen MR) is 113 cm³/mol. The average molecular weight is 385 g/mol. The molecule has 1 saturated heterocycles. The summed E-state index contributed by atoms with van der Waals surface area (Å²) >= 11 is 2.03. The summed E-state index contributed by atoms with van der Waals surface area (Å²) in [5.74, 6) is 1.80. The van der Waals surface area contributed by atoms with Gasteiger partial charge in [0.15, 0.2) is 5.82 Å². The second-order valence-electron chi connectivity index (χ2n) is 7.84. The van der Waals surface area contributed by atoms with Crippen molar-refractivity contribution in [3.63, 3.8) is 0 Å². The van der Waals surface area contributed by atoms with Gasteiger partial charge in [-0.15, -0.1) is 11.8 Å². The van der Waals surface area contributed by atoms with Crippen molar-refractivity contribution in [1.82, 2.24) is 9.97 Å². The number of nitrogen functional groups attached to an aromatic ring is 1. The number of nitrogens with two attached hydrogens (primary N) is 1. The molecule has 1 atom stereocenters. The van der Waals surface area contributed by atoms with Crippen LogP contribution in [-0.2, 0) is 9.48 Å². The molecule has 1 aromatic carbocycles. The fourth-order valence-electron chi connectivity index (χ4n) is 3.64. The maximum Gasteiger partial charge on any atom is 0.161 e. The van der Waals surface area contributed by atoms with Crippen molar-refractivity contribution in [1.29, 1.82) is 0 Å². The molecule has 1 saturated carbocycles. The third-order valence-corrected chi connectivity index (χ3v) is 6.72. The van der Waals surface area contributed by atoms with E-state index in [-0.39, 0.29) is 4.75 Å². The summed E-state index contributed by atoms with van der Waals surface area (Å²) in [7, 11) is 0. The quantitative estimate of drug-likeness (QED) is 0.784. The van der Waals surface area contributed by atoms with Crippen LogP contribution in [0.1, 0.15) is 39.3 Å².